The number of aromatic nitrogens is 1. The number of benzene rings is 6. The third kappa shape index (κ3) is 3.10. The van der Waals surface area contributed by atoms with Crippen molar-refractivity contribution >= 4 is 75.7 Å². The van der Waals surface area contributed by atoms with Crippen LogP contribution >= 0.6 is 22.9 Å². The smallest absolute Gasteiger partial charge is 0.0555 e. The van der Waals surface area contributed by atoms with Crippen molar-refractivity contribution < 1.29 is 0 Å². The summed E-state index contributed by atoms with van der Waals surface area (Å²) < 4.78 is 5.00. The van der Waals surface area contributed by atoms with Crippen LogP contribution in [0.1, 0.15) is 0 Å². The van der Waals surface area contributed by atoms with E-state index in [0.717, 1.165) is 16.2 Å². The maximum Gasteiger partial charge on any atom is 0.0555 e. The van der Waals surface area contributed by atoms with E-state index in [2.05, 4.69) is 120 Å². The van der Waals surface area contributed by atoms with Crippen molar-refractivity contribution in [2.45, 2.75) is 0 Å². The summed E-state index contributed by atoms with van der Waals surface area (Å²) in [4.78, 5) is 0. The SMILES string of the molecule is Clc1ccc2c3cc(-c4cc5c6ccccc6sc5c5ccccc45)ccc3n(-c3ccccc3)c2c1. The quantitative estimate of drug-likeness (QED) is 0.218. The lowest BCUT2D eigenvalue weighted by Gasteiger charge is -2.11. The monoisotopic (exact) mass is 509 g/mol. The highest BCUT2D eigenvalue weighted by Gasteiger charge is 2.16. The van der Waals surface area contributed by atoms with Crippen molar-refractivity contribution in [3.63, 3.8) is 0 Å². The molecule has 0 saturated carbocycles. The lowest BCUT2D eigenvalue weighted by atomic mass is 9.94. The van der Waals surface area contributed by atoms with Gasteiger partial charge in [-0.15, -0.1) is 11.3 Å². The molecule has 8 aromatic rings. The van der Waals surface area contributed by atoms with Crippen molar-refractivity contribution in [1.29, 1.82) is 0 Å². The summed E-state index contributed by atoms with van der Waals surface area (Å²) in [5.74, 6) is 0. The van der Waals surface area contributed by atoms with Crippen molar-refractivity contribution in [2.24, 2.45) is 0 Å². The van der Waals surface area contributed by atoms with Gasteiger partial charge in [0.25, 0.3) is 0 Å². The number of para-hydroxylation sites is 1. The Balaban J connectivity index is 1.47. The third-order valence-electron chi connectivity index (χ3n) is 7.44. The fourth-order valence-corrected chi connectivity index (χ4v) is 7.19. The highest BCUT2D eigenvalue weighted by atomic mass is 35.5. The van der Waals surface area contributed by atoms with E-state index in [1.807, 2.05) is 17.4 Å². The minimum Gasteiger partial charge on any atom is -0.309 e. The topological polar surface area (TPSA) is 4.93 Å². The zero-order chi connectivity index (χ0) is 24.5. The van der Waals surface area contributed by atoms with Gasteiger partial charge in [0.1, 0.15) is 0 Å². The summed E-state index contributed by atoms with van der Waals surface area (Å²) >= 11 is 8.36. The van der Waals surface area contributed by atoms with Gasteiger partial charge >= 0.3 is 0 Å². The van der Waals surface area contributed by atoms with Gasteiger partial charge in [-0.1, -0.05) is 84.4 Å². The highest BCUT2D eigenvalue weighted by molar-refractivity contribution is 7.26. The minimum atomic E-state index is 0.744. The first kappa shape index (κ1) is 21.0. The molecule has 0 radical (unpaired) electrons. The second-order valence-electron chi connectivity index (χ2n) is 9.51. The minimum absolute atomic E-state index is 0.744. The van der Waals surface area contributed by atoms with Crippen molar-refractivity contribution in [2.75, 3.05) is 0 Å². The van der Waals surface area contributed by atoms with E-state index in [-0.39, 0.29) is 0 Å². The Morgan fingerprint density at radius 1 is 0.514 bits per heavy atom. The molecule has 0 atom stereocenters. The molecule has 0 spiro atoms. The lowest BCUT2D eigenvalue weighted by molar-refractivity contribution is 1.18. The van der Waals surface area contributed by atoms with Crippen molar-refractivity contribution in [3.05, 3.63) is 126 Å². The molecule has 2 aromatic heterocycles. The van der Waals surface area contributed by atoms with E-state index in [4.69, 9.17) is 11.6 Å². The molecule has 8 rings (SSSR count). The normalized spacial score (nSPS) is 11.9. The van der Waals surface area contributed by atoms with Crippen LogP contribution in [0.15, 0.2) is 121 Å². The Hall–Kier alpha value is -4.11. The van der Waals surface area contributed by atoms with Gasteiger partial charge in [0.15, 0.2) is 0 Å². The summed E-state index contributed by atoms with van der Waals surface area (Å²) in [7, 11) is 0. The molecule has 0 N–H and O–H groups in total. The average molecular weight is 510 g/mol. The molecule has 174 valence electrons. The maximum atomic E-state index is 6.48. The van der Waals surface area contributed by atoms with Gasteiger partial charge in [0, 0.05) is 47.0 Å². The molecule has 3 heteroatoms. The Kier molecular flexibility index (Phi) is 4.51. The van der Waals surface area contributed by atoms with E-state index >= 15 is 0 Å². The number of halogens is 1. The number of nitrogens with zero attached hydrogens (tertiary/aromatic N) is 1. The van der Waals surface area contributed by atoms with Gasteiger partial charge in [-0.2, -0.15) is 0 Å². The molecule has 0 aliphatic carbocycles. The van der Waals surface area contributed by atoms with E-state index in [9.17, 15) is 0 Å². The standard InChI is InChI=1S/C34H20ClNS/c35-22-15-16-25-29-18-21(14-17-31(29)36(32(25)19-22)23-8-2-1-3-9-23)28-20-30-26-11-6-7-13-33(26)37-34(30)27-12-5-4-10-24(27)28/h1-20H. The summed E-state index contributed by atoms with van der Waals surface area (Å²) in [5, 5.41) is 8.43. The molecule has 2 heterocycles. The highest BCUT2D eigenvalue weighted by Crippen LogP contribution is 2.44. The van der Waals surface area contributed by atoms with Crippen LogP contribution in [-0.4, -0.2) is 4.57 Å². The van der Waals surface area contributed by atoms with Crippen LogP contribution in [0, 0.1) is 0 Å². The van der Waals surface area contributed by atoms with E-state index in [1.54, 1.807) is 0 Å². The zero-order valence-corrected chi connectivity index (χ0v) is 21.4. The van der Waals surface area contributed by atoms with E-state index in [0.29, 0.717) is 0 Å². The van der Waals surface area contributed by atoms with Crippen LogP contribution in [0.25, 0.3) is 69.6 Å². The molecular weight excluding hydrogens is 490 g/mol. The first-order chi connectivity index (χ1) is 18.3. The Bertz CT molecular complexity index is 2150. The number of fused-ring (bicyclic) bond motifs is 8. The summed E-state index contributed by atoms with van der Waals surface area (Å²) in [5.41, 5.74) is 5.92. The van der Waals surface area contributed by atoms with Gasteiger partial charge in [-0.05, 0) is 65.0 Å². The molecule has 1 nitrogen and oxygen atoms in total. The molecule has 0 saturated heterocycles. The first-order valence-corrected chi connectivity index (χ1v) is 13.6. The molecule has 37 heavy (non-hydrogen) atoms. The average Bonchev–Trinajstić information content (AvgIpc) is 3.48. The van der Waals surface area contributed by atoms with Crippen LogP contribution in [0.3, 0.4) is 0 Å². The number of hydrogen-bond donors (Lipinski definition) is 0. The fourth-order valence-electron chi connectivity index (χ4n) is 5.80. The zero-order valence-electron chi connectivity index (χ0n) is 19.8. The van der Waals surface area contributed by atoms with Gasteiger partial charge in [-0.25, -0.2) is 0 Å². The summed E-state index contributed by atoms with van der Waals surface area (Å²) in [6.07, 6.45) is 0. The number of hydrogen-bond acceptors (Lipinski definition) is 1. The van der Waals surface area contributed by atoms with Crippen LogP contribution in [0.2, 0.25) is 5.02 Å². The molecule has 0 unspecified atom stereocenters. The fraction of sp³-hybridized carbons (Fsp3) is 0. The van der Waals surface area contributed by atoms with Gasteiger partial charge in [0.2, 0.25) is 0 Å². The Labute approximate surface area is 222 Å². The Morgan fingerprint density at radius 2 is 1.27 bits per heavy atom. The molecule has 0 fully saturated rings. The summed E-state index contributed by atoms with van der Waals surface area (Å²) in [6.45, 7) is 0. The number of rotatable bonds is 2. The first-order valence-electron chi connectivity index (χ1n) is 12.4. The number of thiophene rings is 1. The predicted molar refractivity (Wildman–Crippen MR) is 162 cm³/mol. The van der Waals surface area contributed by atoms with Crippen LogP contribution in [-0.2, 0) is 0 Å². The second kappa shape index (κ2) is 7.94. The van der Waals surface area contributed by atoms with Crippen LogP contribution in [0.5, 0.6) is 0 Å². The van der Waals surface area contributed by atoms with Crippen LogP contribution < -0.4 is 0 Å². The molecule has 0 amide bonds. The van der Waals surface area contributed by atoms with E-state index in [1.165, 1.54) is 58.4 Å². The maximum absolute atomic E-state index is 6.48. The lowest BCUT2D eigenvalue weighted by Crippen LogP contribution is -1.93. The van der Waals surface area contributed by atoms with Gasteiger partial charge in [0.05, 0.1) is 11.0 Å². The Morgan fingerprint density at radius 3 is 2.14 bits per heavy atom. The predicted octanol–water partition coefficient (Wildman–Crippen LogP) is 10.6. The molecular formula is C34H20ClNS. The van der Waals surface area contributed by atoms with Crippen molar-refractivity contribution in [1.82, 2.24) is 4.57 Å². The van der Waals surface area contributed by atoms with Crippen molar-refractivity contribution in [3.8, 4) is 16.8 Å². The summed E-state index contributed by atoms with van der Waals surface area (Å²) in [6, 6.07) is 43.6. The second-order valence-corrected chi connectivity index (χ2v) is 11.0. The molecule has 0 bridgehead atoms. The molecule has 6 aromatic carbocycles. The molecule has 0 aliphatic rings. The van der Waals surface area contributed by atoms with E-state index < -0.39 is 0 Å². The molecule has 0 aliphatic heterocycles. The van der Waals surface area contributed by atoms with Crippen LogP contribution in [0.4, 0.5) is 0 Å². The largest absolute Gasteiger partial charge is 0.309 e. The van der Waals surface area contributed by atoms with Gasteiger partial charge < -0.3 is 4.57 Å². The third-order valence-corrected chi connectivity index (χ3v) is 8.89. The van der Waals surface area contributed by atoms with Gasteiger partial charge in [-0.3, -0.25) is 0 Å².